The second kappa shape index (κ2) is 7.68. The van der Waals surface area contributed by atoms with E-state index in [1.165, 1.54) is 12.1 Å². The van der Waals surface area contributed by atoms with Crippen LogP contribution in [0.5, 0.6) is 0 Å². The van der Waals surface area contributed by atoms with Crippen LogP contribution >= 0.6 is 34.8 Å². The molecular weight excluding hydrogens is 361 g/mol. The monoisotopic (exact) mass is 371 g/mol. The molecule has 0 aromatic heterocycles. The maximum Gasteiger partial charge on any atom is 0.341 e. The Labute approximate surface area is 148 Å². The summed E-state index contributed by atoms with van der Waals surface area (Å²) in [4.78, 5) is 23.9. The maximum atomic E-state index is 12.0. The third-order valence-corrected chi connectivity index (χ3v) is 4.12. The number of amides is 1. The van der Waals surface area contributed by atoms with Crippen LogP contribution in [0.25, 0.3) is 0 Å². The van der Waals surface area contributed by atoms with Crippen LogP contribution in [0, 0.1) is 6.92 Å². The summed E-state index contributed by atoms with van der Waals surface area (Å²) in [6.07, 6.45) is 0. The van der Waals surface area contributed by atoms with Gasteiger partial charge in [0.2, 0.25) is 0 Å². The minimum atomic E-state index is -0.817. The van der Waals surface area contributed by atoms with Crippen molar-refractivity contribution in [2.75, 3.05) is 11.9 Å². The molecule has 0 fully saturated rings. The van der Waals surface area contributed by atoms with E-state index >= 15 is 0 Å². The van der Waals surface area contributed by atoms with Crippen LogP contribution in [0.15, 0.2) is 36.4 Å². The molecule has 1 amide bonds. The number of ether oxygens (including phenoxy) is 1. The SMILES string of the molecule is Cc1ccccc1NC(=O)COC(=O)c1c(Cl)ccc(Cl)c1Cl. The van der Waals surface area contributed by atoms with E-state index in [4.69, 9.17) is 39.5 Å². The van der Waals surface area contributed by atoms with Gasteiger partial charge in [-0.3, -0.25) is 4.79 Å². The largest absolute Gasteiger partial charge is 0.452 e. The van der Waals surface area contributed by atoms with Gasteiger partial charge in [0.1, 0.15) is 0 Å². The van der Waals surface area contributed by atoms with E-state index in [2.05, 4.69) is 5.32 Å². The van der Waals surface area contributed by atoms with Gasteiger partial charge in [-0.25, -0.2) is 4.79 Å². The van der Waals surface area contributed by atoms with Crippen LogP contribution in [-0.4, -0.2) is 18.5 Å². The predicted octanol–water partition coefficient (Wildman–Crippen LogP) is 4.75. The number of hydrogen-bond acceptors (Lipinski definition) is 3. The van der Waals surface area contributed by atoms with E-state index in [1.807, 2.05) is 19.1 Å². The average Bonchev–Trinajstić information content (AvgIpc) is 2.51. The quantitative estimate of drug-likeness (QED) is 0.622. The summed E-state index contributed by atoms with van der Waals surface area (Å²) in [7, 11) is 0. The van der Waals surface area contributed by atoms with Crippen LogP contribution < -0.4 is 5.32 Å². The Hall–Kier alpha value is -1.75. The first-order valence-corrected chi connectivity index (χ1v) is 7.69. The lowest BCUT2D eigenvalue weighted by molar-refractivity contribution is -0.119. The van der Waals surface area contributed by atoms with E-state index in [-0.39, 0.29) is 20.6 Å². The number of aryl methyl sites for hydroxylation is 1. The molecule has 0 heterocycles. The molecule has 0 saturated carbocycles. The lowest BCUT2D eigenvalue weighted by Gasteiger charge is -2.10. The minimum absolute atomic E-state index is 0.0107. The molecule has 0 aliphatic heterocycles. The van der Waals surface area contributed by atoms with E-state index in [9.17, 15) is 9.59 Å². The van der Waals surface area contributed by atoms with Gasteiger partial charge in [0.25, 0.3) is 5.91 Å². The molecule has 1 N–H and O–H groups in total. The summed E-state index contributed by atoms with van der Waals surface area (Å²) >= 11 is 17.7. The van der Waals surface area contributed by atoms with Gasteiger partial charge in [-0.1, -0.05) is 53.0 Å². The van der Waals surface area contributed by atoms with E-state index in [0.717, 1.165) is 5.56 Å². The fraction of sp³-hybridized carbons (Fsp3) is 0.125. The summed E-state index contributed by atoms with van der Waals surface area (Å²) in [5, 5.41) is 2.91. The third-order valence-electron chi connectivity index (χ3n) is 3.00. The van der Waals surface area contributed by atoms with Crippen molar-refractivity contribution < 1.29 is 14.3 Å². The number of para-hydroxylation sites is 1. The number of rotatable bonds is 4. The average molecular weight is 373 g/mol. The Balaban J connectivity index is 2.01. The molecule has 2 aromatic carbocycles. The Bertz CT molecular complexity index is 762. The highest BCUT2D eigenvalue weighted by molar-refractivity contribution is 6.46. The van der Waals surface area contributed by atoms with Crippen molar-refractivity contribution in [1.82, 2.24) is 0 Å². The fourth-order valence-corrected chi connectivity index (χ4v) is 2.50. The number of esters is 1. The van der Waals surface area contributed by atoms with Crippen molar-refractivity contribution in [2.45, 2.75) is 6.92 Å². The standard InChI is InChI=1S/C16H12Cl3NO3/c1-9-4-2-3-5-12(9)20-13(21)8-23-16(22)14-10(17)6-7-11(18)15(14)19/h2-7H,8H2,1H3,(H,20,21). The topological polar surface area (TPSA) is 55.4 Å². The van der Waals surface area contributed by atoms with Crippen LogP contribution in [0.4, 0.5) is 5.69 Å². The van der Waals surface area contributed by atoms with Gasteiger partial charge in [-0.2, -0.15) is 0 Å². The summed E-state index contributed by atoms with van der Waals surface area (Å²) < 4.78 is 4.94. The zero-order chi connectivity index (χ0) is 17.0. The van der Waals surface area contributed by atoms with Crippen LogP contribution in [0.3, 0.4) is 0 Å². The summed E-state index contributed by atoms with van der Waals surface area (Å²) in [5.74, 6) is -1.29. The molecule has 0 atom stereocenters. The van der Waals surface area contributed by atoms with Crippen molar-refractivity contribution in [1.29, 1.82) is 0 Å². The minimum Gasteiger partial charge on any atom is -0.452 e. The van der Waals surface area contributed by atoms with Gasteiger partial charge >= 0.3 is 5.97 Å². The van der Waals surface area contributed by atoms with Crippen molar-refractivity contribution >= 4 is 52.4 Å². The lowest BCUT2D eigenvalue weighted by atomic mass is 10.2. The molecule has 0 aliphatic rings. The van der Waals surface area contributed by atoms with Crippen molar-refractivity contribution in [3.63, 3.8) is 0 Å². The van der Waals surface area contributed by atoms with E-state index in [0.29, 0.717) is 5.69 Å². The molecule has 7 heteroatoms. The van der Waals surface area contributed by atoms with Gasteiger partial charge in [-0.15, -0.1) is 0 Å². The second-order valence-corrected chi connectivity index (χ2v) is 5.85. The molecular formula is C16H12Cl3NO3. The highest BCUT2D eigenvalue weighted by atomic mass is 35.5. The Morgan fingerprint density at radius 1 is 1.04 bits per heavy atom. The van der Waals surface area contributed by atoms with Crippen molar-refractivity contribution in [3.8, 4) is 0 Å². The van der Waals surface area contributed by atoms with E-state index < -0.39 is 18.5 Å². The van der Waals surface area contributed by atoms with Crippen LogP contribution in [0.1, 0.15) is 15.9 Å². The Morgan fingerprint density at radius 3 is 2.39 bits per heavy atom. The van der Waals surface area contributed by atoms with Gasteiger partial charge < -0.3 is 10.1 Å². The summed E-state index contributed by atoms with van der Waals surface area (Å²) in [5.41, 5.74) is 1.48. The van der Waals surface area contributed by atoms with Crippen LogP contribution in [0.2, 0.25) is 15.1 Å². The molecule has 0 unspecified atom stereocenters. The van der Waals surface area contributed by atoms with E-state index in [1.54, 1.807) is 12.1 Å². The zero-order valence-corrected chi connectivity index (χ0v) is 14.3. The lowest BCUT2D eigenvalue weighted by Crippen LogP contribution is -2.21. The molecule has 4 nitrogen and oxygen atoms in total. The van der Waals surface area contributed by atoms with Gasteiger partial charge in [0.15, 0.2) is 6.61 Å². The first-order valence-electron chi connectivity index (χ1n) is 6.56. The molecule has 120 valence electrons. The van der Waals surface area contributed by atoms with Crippen molar-refractivity contribution in [2.24, 2.45) is 0 Å². The zero-order valence-electron chi connectivity index (χ0n) is 12.0. The summed E-state index contributed by atoms with van der Waals surface area (Å²) in [6.45, 7) is 1.39. The molecule has 0 bridgehead atoms. The van der Waals surface area contributed by atoms with Gasteiger partial charge in [-0.05, 0) is 30.7 Å². The smallest absolute Gasteiger partial charge is 0.341 e. The predicted molar refractivity (Wildman–Crippen MR) is 91.6 cm³/mol. The molecule has 0 radical (unpaired) electrons. The number of anilines is 1. The molecule has 2 rings (SSSR count). The molecule has 0 saturated heterocycles. The normalized spacial score (nSPS) is 10.3. The third kappa shape index (κ3) is 4.38. The first kappa shape index (κ1) is 17.6. The number of hydrogen-bond donors (Lipinski definition) is 1. The second-order valence-electron chi connectivity index (χ2n) is 4.66. The molecule has 2 aromatic rings. The Morgan fingerprint density at radius 2 is 1.70 bits per heavy atom. The highest BCUT2D eigenvalue weighted by Crippen LogP contribution is 2.31. The van der Waals surface area contributed by atoms with Gasteiger partial charge in [0.05, 0.1) is 20.6 Å². The van der Waals surface area contributed by atoms with Gasteiger partial charge in [0, 0.05) is 5.69 Å². The number of carbonyl (C=O) groups is 2. The number of carbonyl (C=O) groups excluding carboxylic acids is 2. The Kier molecular flexibility index (Phi) is 5.88. The number of nitrogens with one attached hydrogen (secondary N) is 1. The maximum absolute atomic E-state index is 12.0. The molecule has 0 aliphatic carbocycles. The van der Waals surface area contributed by atoms with Crippen molar-refractivity contribution in [3.05, 3.63) is 62.6 Å². The molecule has 23 heavy (non-hydrogen) atoms. The highest BCUT2D eigenvalue weighted by Gasteiger charge is 2.19. The first-order chi connectivity index (χ1) is 10.9. The molecule has 0 spiro atoms. The van der Waals surface area contributed by atoms with Crippen LogP contribution in [-0.2, 0) is 9.53 Å². The summed E-state index contributed by atoms with van der Waals surface area (Å²) in [6, 6.07) is 10.1. The number of benzene rings is 2. The number of halogens is 3. The fourth-order valence-electron chi connectivity index (χ4n) is 1.82.